The minimum atomic E-state index is -3.55. The van der Waals surface area contributed by atoms with Crippen molar-refractivity contribution in [1.82, 2.24) is 4.72 Å². The highest BCUT2D eigenvalue weighted by Gasteiger charge is 2.13. The third-order valence-electron chi connectivity index (χ3n) is 2.63. The Morgan fingerprint density at radius 1 is 1.29 bits per heavy atom. The Bertz CT molecular complexity index is 755. The predicted octanol–water partition coefficient (Wildman–Crippen LogP) is 2.72. The van der Waals surface area contributed by atoms with Crippen molar-refractivity contribution in [2.45, 2.75) is 12.3 Å². The zero-order valence-corrected chi connectivity index (χ0v) is 13.1. The summed E-state index contributed by atoms with van der Waals surface area (Å²) < 4.78 is 27.0. The van der Waals surface area contributed by atoms with Gasteiger partial charge in [-0.3, -0.25) is 0 Å². The van der Waals surface area contributed by atoms with Crippen molar-refractivity contribution in [2.75, 3.05) is 0 Å². The molecule has 0 unspecified atom stereocenters. The SMILES string of the molecule is O=C(O)c1cccc(CS(=O)(=O)NCc2ccc(Cl)s2)c1. The molecule has 2 aromatic rings. The van der Waals surface area contributed by atoms with E-state index < -0.39 is 16.0 Å². The molecule has 0 saturated heterocycles. The van der Waals surface area contributed by atoms with Gasteiger partial charge in [-0.1, -0.05) is 23.7 Å². The van der Waals surface area contributed by atoms with E-state index in [1.165, 1.54) is 29.5 Å². The average molecular weight is 346 g/mol. The van der Waals surface area contributed by atoms with Crippen LogP contribution in [-0.2, 0) is 22.3 Å². The van der Waals surface area contributed by atoms with Gasteiger partial charge in [-0.2, -0.15) is 0 Å². The maximum absolute atomic E-state index is 12.0. The molecule has 0 bridgehead atoms. The van der Waals surface area contributed by atoms with Gasteiger partial charge in [0.05, 0.1) is 15.7 Å². The van der Waals surface area contributed by atoms with Crippen LogP contribution in [0.3, 0.4) is 0 Å². The van der Waals surface area contributed by atoms with Gasteiger partial charge in [0, 0.05) is 11.4 Å². The number of nitrogens with one attached hydrogen (secondary N) is 1. The first-order chi connectivity index (χ1) is 9.85. The number of carbonyl (C=O) groups is 1. The van der Waals surface area contributed by atoms with Gasteiger partial charge in [-0.15, -0.1) is 11.3 Å². The monoisotopic (exact) mass is 345 g/mol. The summed E-state index contributed by atoms with van der Waals surface area (Å²) in [6, 6.07) is 9.32. The van der Waals surface area contributed by atoms with E-state index in [9.17, 15) is 13.2 Å². The molecule has 1 aromatic heterocycles. The molecule has 0 atom stereocenters. The Hall–Kier alpha value is -1.41. The quantitative estimate of drug-likeness (QED) is 0.843. The van der Waals surface area contributed by atoms with Crippen molar-refractivity contribution >= 4 is 38.9 Å². The number of rotatable bonds is 6. The highest BCUT2D eigenvalue weighted by molar-refractivity contribution is 7.88. The first-order valence-electron chi connectivity index (χ1n) is 5.89. The van der Waals surface area contributed by atoms with Crippen LogP contribution in [-0.4, -0.2) is 19.5 Å². The molecule has 2 rings (SSSR count). The van der Waals surface area contributed by atoms with Gasteiger partial charge < -0.3 is 5.11 Å². The van der Waals surface area contributed by atoms with Crippen LogP contribution >= 0.6 is 22.9 Å². The lowest BCUT2D eigenvalue weighted by molar-refractivity contribution is 0.0696. The first kappa shape index (κ1) is 16.0. The van der Waals surface area contributed by atoms with E-state index in [4.69, 9.17) is 16.7 Å². The minimum Gasteiger partial charge on any atom is -0.478 e. The molecule has 0 radical (unpaired) electrons. The van der Waals surface area contributed by atoms with E-state index >= 15 is 0 Å². The summed E-state index contributed by atoms with van der Waals surface area (Å²) in [5.74, 6) is -1.36. The van der Waals surface area contributed by atoms with Crippen LogP contribution in [0.15, 0.2) is 36.4 Å². The molecule has 21 heavy (non-hydrogen) atoms. The lowest BCUT2D eigenvalue weighted by Crippen LogP contribution is -2.24. The molecule has 0 aliphatic heterocycles. The fourth-order valence-corrected chi connectivity index (χ4v) is 3.91. The Morgan fingerprint density at radius 3 is 2.67 bits per heavy atom. The number of carboxylic acids is 1. The van der Waals surface area contributed by atoms with E-state index in [1.54, 1.807) is 18.2 Å². The largest absolute Gasteiger partial charge is 0.478 e. The molecule has 0 saturated carbocycles. The van der Waals surface area contributed by atoms with Gasteiger partial charge in [0.2, 0.25) is 10.0 Å². The third-order valence-corrected chi connectivity index (χ3v) is 5.15. The molecule has 8 heteroatoms. The molecular formula is C13H12ClNO4S2. The highest BCUT2D eigenvalue weighted by atomic mass is 35.5. The van der Waals surface area contributed by atoms with Crippen molar-refractivity contribution in [1.29, 1.82) is 0 Å². The molecule has 2 N–H and O–H groups in total. The molecule has 0 aliphatic rings. The van der Waals surface area contributed by atoms with Crippen LogP contribution in [0.2, 0.25) is 4.34 Å². The van der Waals surface area contributed by atoms with E-state index in [-0.39, 0.29) is 17.9 Å². The standard InChI is InChI=1S/C13H12ClNO4S2/c14-12-5-4-11(20-12)7-15-21(18,19)8-9-2-1-3-10(6-9)13(16)17/h1-6,15H,7-8H2,(H,16,17). The second-order valence-corrected chi connectivity index (χ2v) is 7.90. The topological polar surface area (TPSA) is 83.5 Å². The van der Waals surface area contributed by atoms with Crippen molar-refractivity contribution in [3.05, 3.63) is 56.7 Å². The Kier molecular flexibility index (Phi) is 5.00. The molecule has 112 valence electrons. The van der Waals surface area contributed by atoms with Crippen molar-refractivity contribution in [3.8, 4) is 0 Å². The summed E-state index contributed by atoms with van der Waals surface area (Å²) >= 11 is 7.07. The molecule has 1 heterocycles. The molecule has 0 fully saturated rings. The number of thiophene rings is 1. The van der Waals surface area contributed by atoms with Crippen LogP contribution in [0, 0.1) is 0 Å². The van der Waals surface area contributed by atoms with Gasteiger partial charge in [0.15, 0.2) is 0 Å². The Balaban J connectivity index is 2.03. The average Bonchev–Trinajstić information content (AvgIpc) is 2.82. The summed E-state index contributed by atoms with van der Waals surface area (Å²) in [6.45, 7) is 0.165. The summed E-state index contributed by atoms with van der Waals surface area (Å²) in [5, 5.41) is 8.89. The Labute approximate surface area is 131 Å². The van der Waals surface area contributed by atoms with Gasteiger partial charge in [-0.25, -0.2) is 17.9 Å². The number of carboxylic acid groups (broad SMARTS) is 1. The number of halogens is 1. The molecule has 0 spiro atoms. The summed E-state index contributed by atoms with van der Waals surface area (Å²) in [4.78, 5) is 11.7. The fraction of sp³-hybridized carbons (Fsp3) is 0.154. The first-order valence-corrected chi connectivity index (χ1v) is 8.74. The maximum Gasteiger partial charge on any atom is 0.335 e. The number of sulfonamides is 1. The Morgan fingerprint density at radius 2 is 2.05 bits per heavy atom. The normalized spacial score (nSPS) is 11.5. The van der Waals surface area contributed by atoms with Crippen molar-refractivity contribution in [3.63, 3.8) is 0 Å². The van der Waals surface area contributed by atoms with Crippen LogP contribution in [0.5, 0.6) is 0 Å². The fourth-order valence-electron chi connectivity index (χ4n) is 1.69. The van der Waals surface area contributed by atoms with Crippen molar-refractivity contribution in [2.24, 2.45) is 0 Å². The van der Waals surface area contributed by atoms with E-state index in [1.807, 2.05) is 0 Å². The van der Waals surface area contributed by atoms with Gasteiger partial charge in [0.25, 0.3) is 0 Å². The molecule has 0 amide bonds. The van der Waals surface area contributed by atoms with Gasteiger partial charge in [0.1, 0.15) is 0 Å². The summed E-state index contributed by atoms with van der Waals surface area (Å²) in [5.41, 5.74) is 0.486. The molecular weight excluding hydrogens is 334 g/mol. The second kappa shape index (κ2) is 6.57. The predicted molar refractivity (Wildman–Crippen MR) is 82.2 cm³/mol. The van der Waals surface area contributed by atoms with Crippen molar-refractivity contribution < 1.29 is 18.3 Å². The molecule has 1 aromatic carbocycles. The molecule has 5 nitrogen and oxygen atoms in total. The van der Waals surface area contributed by atoms with Crippen LogP contribution in [0.25, 0.3) is 0 Å². The lowest BCUT2D eigenvalue weighted by atomic mass is 10.1. The lowest BCUT2D eigenvalue weighted by Gasteiger charge is -2.06. The van der Waals surface area contributed by atoms with Gasteiger partial charge >= 0.3 is 5.97 Å². The third kappa shape index (κ3) is 4.82. The highest BCUT2D eigenvalue weighted by Crippen LogP contribution is 2.21. The van der Waals surface area contributed by atoms with E-state index in [0.717, 1.165) is 4.88 Å². The second-order valence-electron chi connectivity index (χ2n) is 4.29. The van der Waals surface area contributed by atoms with Crippen LogP contribution in [0.1, 0.15) is 20.8 Å². The van der Waals surface area contributed by atoms with Gasteiger partial charge in [-0.05, 0) is 29.8 Å². The summed E-state index contributed by atoms with van der Waals surface area (Å²) in [6.07, 6.45) is 0. The van der Waals surface area contributed by atoms with E-state index in [0.29, 0.717) is 9.90 Å². The zero-order valence-electron chi connectivity index (χ0n) is 10.7. The number of hydrogen-bond donors (Lipinski definition) is 2. The smallest absolute Gasteiger partial charge is 0.335 e. The van der Waals surface area contributed by atoms with Crippen LogP contribution < -0.4 is 4.72 Å². The minimum absolute atomic E-state index is 0.0627. The number of hydrogen-bond acceptors (Lipinski definition) is 4. The zero-order chi connectivity index (χ0) is 15.5. The van der Waals surface area contributed by atoms with Crippen LogP contribution in [0.4, 0.5) is 0 Å². The van der Waals surface area contributed by atoms with E-state index in [2.05, 4.69) is 4.72 Å². The maximum atomic E-state index is 12.0. The molecule has 0 aliphatic carbocycles. The number of benzene rings is 1. The summed E-state index contributed by atoms with van der Waals surface area (Å²) in [7, 11) is -3.55. The number of aromatic carboxylic acids is 1.